The summed E-state index contributed by atoms with van der Waals surface area (Å²) in [5.74, 6) is -0.587. The summed E-state index contributed by atoms with van der Waals surface area (Å²) in [6.45, 7) is 0. The van der Waals surface area contributed by atoms with Crippen molar-refractivity contribution < 1.29 is 13.7 Å². The lowest BCUT2D eigenvalue weighted by Crippen LogP contribution is -2.04. The van der Waals surface area contributed by atoms with Crippen LogP contribution >= 0.6 is 11.6 Å². The Bertz CT molecular complexity index is 386. The first-order valence-corrected chi connectivity index (χ1v) is 3.69. The summed E-state index contributed by atoms with van der Waals surface area (Å²) in [5.41, 5.74) is 3.24. The van der Waals surface area contributed by atoms with E-state index in [-0.39, 0.29) is 0 Å². The van der Waals surface area contributed by atoms with Crippen LogP contribution in [0.1, 0.15) is 12.0 Å². The number of hydrogen-bond donors (Lipinski definition) is 1. The minimum atomic E-state index is -3.08. The normalized spacial score (nSPS) is 10.6. The summed E-state index contributed by atoms with van der Waals surface area (Å²) in [6, 6.07) is 0. The van der Waals surface area contributed by atoms with E-state index in [1.807, 2.05) is 0 Å². The van der Waals surface area contributed by atoms with Gasteiger partial charge in [0.15, 0.2) is 0 Å². The Balaban J connectivity index is 3.50. The molecular formula is C6H4ClF2N3O2. The van der Waals surface area contributed by atoms with Crippen LogP contribution < -0.4 is 5.73 Å². The molecule has 1 rings (SSSR count). The maximum atomic E-state index is 12.3. The fourth-order valence-electron chi connectivity index (χ4n) is 0.908. The lowest BCUT2D eigenvalue weighted by molar-refractivity contribution is -0.386. The number of nitrogens with two attached hydrogens (primary N) is 1. The summed E-state index contributed by atoms with van der Waals surface area (Å²) in [4.78, 5) is 12.7. The Morgan fingerprint density at radius 2 is 2.21 bits per heavy atom. The van der Waals surface area contributed by atoms with Gasteiger partial charge in [0.25, 0.3) is 6.43 Å². The van der Waals surface area contributed by atoms with Crippen molar-refractivity contribution in [2.45, 2.75) is 6.43 Å². The highest BCUT2D eigenvalue weighted by Crippen LogP contribution is 2.37. The molecule has 1 heterocycles. The summed E-state index contributed by atoms with van der Waals surface area (Å²) in [7, 11) is 0. The molecule has 2 N–H and O–H groups in total. The number of nitrogen functional groups attached to an aromatic ring is 1. The molecule has 0 unspecified atom stereocenters. The number of aromatic nitrogens is 1. The number of nitrogens with zero attached hydrogens (tertiary/aromatic N) is 2. The van der Waals surface area contributed by atoms with Crippen molar-refractivity contribution in [3.8, 4) is 0 Å². The fourth-order valence-corrected chi connectivity index (χ4v) is 1.13. The summed E-state index contributed by atoms with van der Waals surface area (Å²) < 4.78 is 24.7. The third-order valence-electron chi connectivity index (χ3n) is 1.48. The molecular weight excluding hydrogens is 220 g/mol. The van der Waals surface area contributed by atoms with Gasteiger partial charge in [0.2, 0.25) is 0 Å². The molecule has 0 spiro atoms. The molecule has 0 amide bonds. The average molecular weight is 224 g/mol. The third-order valence-corrected chi connectivity index (χ3v) is 1.75. The zero-order chi connectivity index (χ0) is 10.9. The van der Waals surface area contributed by atoms with Crippen molar-refractivity contribution >= 4 is 23.1 Å². The van der Waals surface area contributed by atoms with Gasteiger partial charge in [-0.3, -0.25) is 10.1 Å². The number of pyridine rings is 1. The van der Waals surface area contributed by atoms with Crippen LogP contribution in [0.15, 0.2) is 6.20 Å². The molecule has 1 aromatic heterocycles. The van der Waals surface area contributed by atoms with Gasteiger partial charge < -0.3 is 5.73 Å². The molecule has 8 heteroatoms. The molecule has 5 nitrogen and oxygen atoms in total. The Kier molecular flexibility index (Phi) is 2.80. The second kappa shape index (κ2) is 3.70. The maximum absolute atomic E-state index is 12.3. The summed E-state index contributed by atoms with van der Waals surface area (Å²) >= 11 is 5.35. The number of alkyl halides is 2. The zero-order valence-corrected chi connectivity index (χ0v) is 7.33. The molecule has 0 saturated heterocycles. The first-order chi connectivity index (χ1) is 6.45. The van der Waals surface area contributed by atoms with Crippen molar-refractivity contribution in [1.29, 1.82) is 0 Å². The number of rotatable bonds is 2. The average Bonchev–Trinajstić information content (AvgIpc) is 2.07. The van der Waals surface area contributed by atoms with Gasteiger partial charge in [0, 0.05) is 0 Å². The van der Waals surface area contributed by atoms with Crippen LogP contribution in [0.25, 0.3) is 0 Å². The quantitative estimate of drug-likeness (QED) is 0.615. The van der Waals surface area contributed by atoms with E-state index in [4.69, 9.17) is 17.3 Å². The predicted octanol–water partition coefficient (Wildman–Crippen LogP) is 2.16. The van der Waals surface area contributed by atoms with E-state index < -0.39 is 33.4 Å². The van der Waals surface area contributed by atoms with E-state index in [9.17, 15) is 18.9 Å². The van der Waals surface area contributed by atoms with Crippen LogP contribution in [-0.2, 0) is 0 Å². The number of halogens is 3. The van der Waals surface area contributed by atoms with Crippen LogP contribution in [0.5, 0.6) is 0 Å². The molecule has 0 aliphatic rings. The lowest BCUT2D eigenvalue weighted by atomic mass is 10.2. The minimum absolute atomic E-state index is 0.459. The van der Waals surface area contributed by atoms with Gasteiger partial charge in [-0.1, -0.05) is 11.6 Å². The highest BCUT2D eigenvalue weighted by molar-refractivity contribution is 6.32. The molecule has 0 aromatic carbocycles. The van der Waals surface area contributed by atoms with E-state index >= 15 is 0 Å². The first kappa shape index (κ1) is 10.6. The fraction of sp³-hybridized carbons (Fsp3) is 0.167. The van der Waals surface area contributed by atoms with Gasteiger partial charge in [-0.2, -0.15) is 0 Å². The molecule has 0 aliphatic carbocycles. The molecule has 0 atom stereocenters. The van der Waals surface area contributed by atoms with Crippen molar-refractivity contribution in [3.05, 3.63) is 26.9 Å². The highest BCUT2D eigenvalue weighted by atomic mass is 35.5. The number of anilines is 1. The van der Waals surface area contributed by atoms with Crippen molar-refractivity contribution in [2.75, 3.05) is 5.73 Å². The standard InChI is InChI=1S/C6H4ClF2N3O2/c7-2-1-11-6(10)3(5(8)9)4(2)12(13)14/h1,5H,(H2,10,11). The SMILES string of the molecule is Nc1ncc(Cl)c([N+](=O)[O-])c1C(F)F. The Morgan fingerprint density at radius 3 is 2.57 bits per heavy atom. The smallest absolute Gasteiger partial charge is 0.302 e. The third kappa shape index (κ3) is 1.72. The molecule has 0 bridgehead atoms. The van der Waals surface area contributed by atoms with Crippen molar-refractivity contribution in [1.82, 2.24) is 4.98 Å². The Labute approximate surface area is 81.6 Å². The van der Waals surface area contributed by atoms with Gasteiger partial charge in [-0.25, -0.2) is 13.8 Å². The predicted molar refractivity (Wildman–Crippen MR) is 45.3 cm³/mol. The molecule has 1 aromatic rings. The van der Waals surface area contributed by atoms with Gasteiger partial charge in [0.1, 0.15) is 16.4 Å². The van der Waals surface area contributed by atoms with E-state index in [2.05, 4.69) is 4.98 Å². The second-order valence-corrected chi connectivity index (χ2v) is 2.72. The van der Waals surface area contributed by atoms with Crippen LogP contribution in [0.4, 0.5) is 20.3 Å². The Morgan fingerprint density at radius 1 is 1.64 bits per heavy atom. The van der Waals surface area contributed by atoms with Crippen LogP contribution in [0.2, 0.25) is 5.02 Å². The van der Waals surface area contributed by atoms with Crippen molar-refractivity contribution in [3.63, 3.8) is 0 Å². The van der Waals surface area contributed by atoms with Crippen LogP contribution in [0.3, 0.4) is 0 Å². The zero-order valence-electron chi connectivity index (χ0n) is 6.58. The second-order valence-electron chi connectivity index (χ2n) is 2.31. The van der Waals surface area contributed by atoms with Gasteiger partial charge in [-0.15, -0.1) is 0 Å². The van der Waals surface area contributed by atoms with Gasteiger partial charge in [-0.05, 0) is 0 Å². The molecule has 0 aliphatic heterocycles. The molecule has 0 radical (unpaired) electrons. The van der Waals surface area contributed by atoms with E-state index in [0.29, 0.717) is 0 Å². The maximum Gasteiger partial charge on any atom is 0.302 e. The highest BCUT2D eigenvalue weighted by Gasteiger charge is 2.28. The van der Waals surface area contributed by atoms with E-state index in [0.717, 1.165) is 6.20 Å². The molecule has 0 saturated carbocycles. The van der Waals surface area contributed by atoms with Crippen LogP contribution in [-0.4, -0.2) is 9.91 Å². The van der Waals surface area contributed by atoms with Gasteiger partial charge >= 0.3 is 5.69 Å². The topological polar surface area (TPSA) is 82.0 Å². The summed E-state index contributed by atoms with van der Waals surface area (Å²) in [6.07, 6.45) is -2.22. The molecule has 14 heavy (non-hydrogen) atoms. The number of hydrogen-bond acceptors (Lipinski definition) is 4. The molecule has 0 fully saturated rings. The first-order valence-electron chi connectivity index (χ1n) is 3.31. The lowest BCUT2D eigenvalue weighted by Gasteiger charge is -2.05. The molecule has 76 valence electrons. The van der Waals surface area contributed by atoms with Crippen molar-refractivity contribution in [2.24, 2.45) is 0 Å². The van der Waals surface area contributed by atoms with Crippen LogP contribution in [0, 0.1) is 10.1 Å². The minimum Gasteiger partial charge on any atom is -0.383 e. The van der Waals surface area contributed by atoms with Gasteiger partial charge in [0.05, 0.1) is 11.1 Å². The number of nitro groups is 1. The van der Waals surface area contributed by atoms with E-state index in [1.54, 1.807) is 0 Å². The Hall–Kier alpha value is -1.50. The van der Waals surface area contributed by atoms with E-state index in [1.165, 1.54) is 0 Å². The largest absolute Gasteiger partial charge is 0.383 e. The summed E-state index contributed by atoms with van der Waals surface area (Å²) in [5, 5.41) is 9.94. The monoisotopic (exact) mass is 223 g/mol.